The molecule has 0 aliphatic heterocycles. The van der Waals surface area contributed by atoms with E-state index in [9.17, 15) is 26.3 Å². The predicted molar refractivity (Wildman–Crippen MR) is 78.4 cm³/mol. The third-order valence-electron chi connectivity index (χ3n) is 3.03. The average Bonchev–Trinajstić information content (AvgIpc) is 2.45. The summed E-state index contributed by atoms with van der Waals surface area (Å²) in [6.45, 7) is 0. The fourth-order valence-electron chi connectivity index (χ4n) is 2.17. The molecule has 8 heteroatoms. The quantitative estimate of drug-likeness (QED) is 0.466. The van der Waals surface area contributed by atoms with E-state index in [0.717, 1.165) is 6.07 Å². The van der Waals surface area contributed by atoms with E-state index in [-0.39, 0.29) is 16.9 Å². The molecular formula is C16H12F6OS. The number of alkyl halides is 6. The Balaban J connectivity index is 2.36. The second kappa shape index (κ2) is 7.48. The molecule has 0 aromatic heterocycles. The van der Waals surface area contributed by atoms with Crippen LogP contribution in [0.25, 0.3) is 0 Å². The van der Waals surface area contributed by atoms with Crippen molar-refractivity contribution in [2.75, 3.05) is 0 Å². The third-order valence-corrected chi connectivity index (χ3v) is 3.85. The first kappa shape index (κ1) is 18.7. The Morgan fingerprint density at radius 2 is 1.42 bits per heavy atom. The van der Waals surface area contributed by atoms with Gasteiger partial charge in [0.1, 0.15) is 0 Å². The van der Waals surface area contributed by atoms with Gasteiger partial charge in [-0.2, -0.15) is 13.2 Å². The average molecular weight is 366 g/mol. The minimum atomic E-state index is -4.96. The first-order chi connectivity index (χ1) is 11.1. The number of ether oxygens (including phenoxy) is 1. The van der Waals surface area contributed by atoms with E-state index < -0.39 is 29.7 Å². The Morgan fingerprint density at radius 1 is 0.833 bits per heavy atom. The van der Waals surface area contributed by atoms with Crippen molar-refractivity contribution in [1.82, 2.24) is 0 Å². The van der Waals surface area contributed by atoms with E-state index in [4.69, 9.17) is 0 Å². The standard InChI is InChI=1S/C16H12F6OS/c17-15(18,19)23-13(10-11-6-2-1-3-7-11)12-8-4-5-9-14(12)24-16(20,21)22/h1-9,13H,10H2. The second-order valence-corrected chi connectivity index (χ2v) is 5.93. The largest absolute Gasteiger partial charge is 0.523 e. The maximum Gasteiger partial charge on any atom is 0.523 e. The van der Waals surface area contributed by atoms with Crippen molar-refractivity contribution in [1.29, 1.82) is 0 Å². The molecule has 0 spiro atoms. The number of benzene rings is 2. The lowest BCUT2D eigenvalue weighted by Gasteiger charge is -2.22. The summed E-state index contributed by atoms with van der Waals surface area (Å²) in [6.07, 6.45) is -6.73. The zero-order chi connectivity index (χ0) is 17.8. The fourth-order valence-corrected chi connectivity index (χ4v) is 2.88. The molecule has 1 nitrogen and oxygen atoms in total. The lowest BCUT2D eigenvalue weighted by molar-refractivity contribution is -0.344. The topological polar surface area (TPSA) is 9.23 Å². The van der Waals surface area contributed by atoms with Crippen molar-refractivity contribution in [3.8, 4) is 0 Å². The number of hydrogen-bond acceptors (Lipinski definition) is 2. The van der Waals surface area contributed by atoms with Crippen molar-refractivity contribution in [3.05, 3.63) is 65.7 Å². The van der Waals surface area contributed by atoms with Gasteiger partial charge >= 0.3 is 11.9 Å². The first-order valence-corrected chi connectivity index (χ1v) is 7.59. The highest BCUT2D eigenvalue weighted by atomic mass is 32.2. The summed E-state index contributed by atoms with van der Waals surface area (Å²) in [5, 5.41) is 0. The molecule has 0 saturated carbocycles. The zero-order valence-electron chi connectivity index (χ0n) is 12.1. The summed E-state index contributed by atoms with van der Waals surface area (Å²) >= 11 is -0.455. The minimum absolute atomic E-state index is 0.152. The summed E-state index contributed by atoms with van der Waals surface area (Å²) in [5.74, 6) is 0. The highest BCUT2D eigenvalue weighted by Crippen LogP contribution is 2.42. The van der Waals surface area contributed by atoms with Crippen LogP contribution >= 0.6 is 11.8 Å². The molecular weight excluding hydrogens is 354 g/mol. The molecule has 130 valence electrons. The van der Waals surface area contributed by atoms with Gasteiger partial charge < -0.3 is 0 Å². The van der Waals surface area contributed by atoms with Crippen LogP contribution in [0.3, 0.4) is 0 Å². The molecule has 2 aromatic rings. The van der Waals surface area contributed by atoms with E-state index in [1.807, 2.05) is 0 Å². The number of thioether (sulfide) groups is 1. The van der Waals surface area contributed by atoms with E-state index in [0.29, 0.717) is 5.56 Å². The van der Waals surface area contributed by atoms with Crippen LogP contribution in [-0.2, 0) is 11.2 Å². The molecule has 0 bridgehead atoms. The van der Waals surface area contributed by atoms with Gasteiger partial charge in [0, 0.05) is 11.3 Å². The monoisotopic (exact) mass is 366 g/mol. The van der Waals surface area contributed by atoms with Gasteiger partial charge in [0.15, 0.2) is 0 Å². The van der Waals surface area contributed by atoms with Crippen LogP contribution in [0, 0.1) is 0 Å². The van der Waals surface area contributed by atoms with E-state index in [1.54, 1.807) is 30.3 Å². The second-order valence-electron chi connectivity index (χ2n) is 4.83. The van der Waals surface area contributed by atoms with Gasteiger partial charge in [-0.15, -0.1) is 13.2 Å². The van der Waals surface area contributed by atoms with Crippen molar-refractivity contribution in [2.45, 2.75) is 29.3 Å². The predicted octanol–water partition coefficient (Wildman–Crippen LogP) is 6.12. The lowest BCUT2D eigenvalue weighted by atomic mass is 10.0. The van der Waals surface area contributed by atoms with Gasteiger partial charge in [0.25, 0.3) is 0 Å². The highest BCUT2D eigenvalue weighted by Gasteiger charge is 2.37. The van der Waals surface area contributed by atoms with E-state index in [1.165, 1.54) is 18.2 Å². The van der Waals surface area contributed by atoms with Crippen LogP contribution in [0.1, 0.15) is 17.2 Å². The Hall–Kier alpha value is -1.67. The van der Waals surface area contributed by atoms with Crippen molar-refractivity contribution in [2.24, 2.45) is 0 Å². The molecule has 0 aliphatic rings. The Bertz CT molecular complexity index is 654. The summed E-state index contributed by atoms with van der Waals surface area (Å²) in [5.41, 5.74) is -4.23. The van der Waals surface area contributed by atoms with Gasteiger partial charge in [-0.3, -0.25) is 4.74 Å². The van der Waals surface area contributed by atoms with E-state index in [2.05, 4.69) is 4.74 Å². The fraction of sp³-hybridized carbons (Fsp3) is 0.250. The number of hydrogen-bond donors (Lipinski definition) is 0. The van der Waals surface area contributed by atoms with Gasteiger partial charge in [0.2, 0.25) is 0 Å². The van der Waals surface area contributed by atoms with Gasteiger partial charge in [-0.25, -0.2) is 0 Å². The third kappa shape index (κ3) is 6.09. The minimum Gasteiger partial charge on any atom is -0.283 e. The molecule has 2 aromatic carbocycles. The maximum absolute atomic E-state index is 12.7. The molecule has 0 heterocycles. The van der Waals surface area contributed by atoms with Crippen LogP contribution in [0.15, 0.2) is 59.5 Å². The molecule has 2 rings (SSSR count). The van der Waals surface area contributed by atoms with Crippen LogP contribution < -0.4 is 0 Å². The summed E-state index contributed by atoms with van der Waals surface area (Å²) in [7, 11) is 0. The Kier molecular flexibility index (Phi) is 5.82. The molecule has 0 saturated heterocycles. The summed E-state index contributed by atoms with van der Waals surface area (Å²) < 4.78 is 80.2. The highest BCUT2D eigenvalue weighted by molar-refractivity contribution is 8.00. The Morgan fingerprint density at radius 3 is 2.00 bits per heavy atom. The molecule has 0 radical (unpaired) electrons. The van der Waals surface area contributed by atoms with Crippen LogP contribution in [-0.4, -0.2) is 11.9 Å². The van der Waals surface area contributed by atoms with Crippen molar-refractivity contribution in [3.63, 3.8) is 0 Å². The summed E-state index contributed by atoms with van der Waals surface area (Å²) in [6, 6.07) is 13.2. The normalized spacial score (nSPS) is 13.8. The molecule has 0 amide bonds. The first-order valence-electron chi connectivity index (χ1n) is 6.77. The zero-order valence-corrected chi connectivity index (χ0v) is 12.9. The molecule has 0 fully saturated rings. The molecule has 1 atom stereocenters. The number of rotatable bonds is 5. The molecule has 1 unspecified atom stereocenters. The lowest BCUT2D eigenvalue weighted by Crippen LogP contribution is -2.20. The maximum atomic E-state index is 12.7. The van der Waals surface area contributed by atoms with Crippen molar-refractivity contribution < 1.29 is 31.1 Å². The van der Waals surface area contributed by atoms with Gasteiger partial charge in [-0.1, -0.05) is 48.5 Å². The van der Waals surface area contributed by atoms with Crippen LogP contribution in [0.2, 0.25) is 0 Å². The van der Waals surface area contributed by atoms with Crippen molar-refractivity contribution >= 4 is 11.8 Å². The van der Waals surface area contributed by atoms with Gasteiger partial charge in [0.05, 0.1) is 6.10 Å². The van der Waals surface area contributed by atoms with E-state index >= 15 is 0 Å². The van der Waals surface area contributed by atoms with Gasteiger partial charge in [-0.05, 0) is 29.0 Å². The van der Waals surface area contributed by atoms with Crippen LogP contribution in [0.5, 0.6) is 0 Å². The summed E-state index contributed by atoms with van der Waals surface area (Å²) in [4.78, 5) is -0.310. The smallest absolute Gasteiger partial charge is 0.283 e. The molecule has 0 N–H and O–H groups in total. The van der Waals surface area contributed by atoms with Crippen LogP contribution in [0.4, 0.5) is 26.3 Å². The Labute approximate surface area is 138 Å². The SMILES string of the molecule is FC(F)(F)OC(Cc1ccccc1)c1ccccc1SC(F)(F)F. The number of halogens is 6. The molecule has 0 aliphatic carbocycles. The molecule has 24 heavy (non-hydrogen) atoms.